The van der Waals surface area contributed by atoms with Gasteiger partial charge in [0.2, 0.25) is 5.91 Å². The predicted molar refractivity (Wildman–Crippen MR) is 71.7 cm³/mol. The van der Waals surface area contributed by atoms with Gasteiger partial charge >= 0.3 is 0 Å². The Morgan fingerprint density at radius 3 is 2.83 bits per heavy atom. The van der Waals surface area contributed by atoms with Crippen molar-refractivity contribution in [2.75, 3.05) is 25.0 Å². The second-order valence-corrected chi connectivity index (χ2v) is 4.66. The summed E-state index contributed by atoms with van der Waals surface area (Å²) in [5, 5.41) is 5.97. The molecule has 4 nitrogen and oxygen atoms in total. The standard InChI is InChI=1S/C14H20N2O2/c1-11-4-6-12(7-5-11)15-10-14(17)16-9-13-3-2-8-18-13/h4-7,13,15H,2-3,8-10H2,1H3,(H,16,17). The zero-order chi connectivity index (χ0) is 12.8. The molecule has 0 spiro atoms. The highest BCUT2D eigenvalue weighted by Crippen LogP contribution is 2.10. The van der Waals surface area contributed by atoms with Crippen LogP contribution < -0.4 is 10.6 Å². The number of amides is 1. The van der Waals surface area contributed by atoms with E-state index in [1.165, 1.54) is 5.56 Å². The lowest BCUT2D eigenvalue weighted by Crippen LogP contribution is -2.35. The van der Waals surface area contributed by atoms with Crippen molar-refractivity contribution in [2.45, 2.75) is 25.9 Å². The van der Waals surface area contributed by atoms with Crippen molar-refractivity contribution < 1.29 is 9.53 Å². The largest absolute Gasteiger partial charge is 0.376 e. The Hall–Kier alpha value is -1.55. The van der Waals surface area contributed by atoms with Crippen molar-refractivity contribution in [2.24, 2.45) is 0 Å². The van der Waals surface area contributed by atoms with Crippen LogP contribution in [0.4, 0.5) is 5.69 Å². The Bertz CT molecular complexity index is 383. The summed E-state index contributed by atoms with van der Waals surface area (Å²) in [5.41, 5.74) is 2.18. The molecule has 4 heteroatoms. The van der Waals surface area contributed by atoms with Gasteiger partial charge in [0, 0.05) is 18.8 Å². The zero-order valence-electron chi connectivity index (χ0n) is 10.7. The van der Waals surface area contributed by atoms with E-state index in [4.69, 9.17) is 4.74 Å². The molecule has 2 rings (SSSR count). The molecule has 1 heterocycles. The Morgan fingerprint density at radius 2 is 2.17 bits per heavy atom. The van der Waals surface area contributed by atoms with Gasteiger partial charge in [0.05, 0.1) is 12.6 Å². The zero-order valence-corrected chi connectivity index (χ0v) is 10.7. The molecule has 0 aromatic heterocycles. The summed E-state index contributed by atoms with van der Waals surface area (Å²) in [6.45, 7) is 3.78. The van der Waals surface area contributed by atoms with E-state index < -0.39 is 0 Å². The van der Waals surface area contributed by atoms with Crippen LogP contribution in [0.2, 0.25) is 0 Å². The summed E-state index contributed by atoms with van der Waals surface area (Å²) in [6, 6.07) is 7.99. The fourth-order valence-electron chi connectivity index (χ4n) is 1.95. The van der Waals surface area contributed by atoms with Crippen molar-refractivity contribution in [3.8, 4) is 0 Å². The molecule has 1 unspecified atom stereocenters. The van der Waals surface area contributed by atoms with Crippen LogP contribution in [-0.2, 0) is 9.53 Å². The van der Waals surface area contributed by atoms with Crippen molar-refractivity contribution in [1.82, 2.24) is 5.32 Å². The number of hydrogen-bond donors (Lipinski definition) is 2. The maximum atomic E-state index is 11.6. The molecular formula is C14H20N2O2. The molecule has 2 N–H and O–H groups in total. The first-order valence-electron chi connectivity index (χ1n) is 6.43. The number of hydrogen-bond acceptors (Lipinski definition) is 3. The minimum Gasteiger partial charge on any atom is -0.376 e. The van der Waals surface area contributed by atoms with Gasteiger partial charge in [-0.2, -0.15) is 0 Å². The lowest BCUT2D eigenvalue weighted by molar-refractivity contribution is -0.119. The average Bonchev–Trinajstić information content (AvgIpc) is 2.89. The second-order valence-electron chi connectivity index (χ2n) is 4.66. The molecule has 1 fully saturated rings. The van der Waals surface area contributed by atoms with E-state index in [2.05, 4.69) is 10.6 Å². The highest BCUT2D eigenvalue weighted by molar-refractivity contribution is 5.80. The maximum absolute atomic E-state index is 11.6. The average molecular weight is 248 g/mol. The van der Waals surface area contributed by atoms with Crippen molar-refractivity contribution >= 4 is 11.6 Å². The second kappa shape index (κ2) is 6.40. The summed E-state index contributed by atoms with van der Waals surface area (Å²) >= 11 is 0. The number of benzene rings is 1. The van der Waals surface area contributed by atoms with Gasteiger partial charge in [-0.3, -0.25) is 4.79 Å². The lowest BCUT2D eigenvalue weighted by Gasteiger charge is -2.11. The molecule has 18 heavy (non-hydrogen) atoms. The number of carbonyl (C=O) groups excluding carboxylic acids is 1. The molecule has 0 radical (unpaired) electrons. The third kappa shape index (κ3) is 4.04. The quantitative estimate of drug-likeness (QED) is 0.834. The van der Waals surface area contributed by atoms with Gasteiger partial charge in [0.25, 0.3) is 0 Å². The minimum absolute atomic E-state index is 0.00562. The molecule has 1 aromatic carbocycles. The van der Waals surface area contributed by atoms with Gasteiger partial charge in [0.15, 0.2) is 0 Å². The number of ether oxygens (including phenoxy) is 1. The first kappa shape index (κ1) is 12.9. The number of anilines is 1. The molecule has 1 amide bonds. The van der Waals surface area contributed by atoms with Crippen LogP contribution >= 0.6 is 0 Å². The first-order chi connectivity index (χ1) is 8.74. The van der Waals surface area contributed by atoms with E-state index in [0.29, 0.717) is 13.1 Å². The molecule has 0 aliphatic carbocycles. The molecule has 1 aliphatic heterocycles. The van der Waals surface area contributed by atoms with Gasteiger partial charge in [-0.1, -0.05) is 17.7 Å². The fourth-order valence-corrected chi connectivity index (χ4v) is 1.95. The maximum Gasteiger partial charge on any atom is 0.239 e. The summed E-state index contributed by atoms with van der Waals surface area (Å²) in [5.74, 6) is 0.00562. The topological polar surface area (TPSA) is 50.4 Å². The lowest BCUT2D eigenvalue weighted by atomic mass is 10.2. The smallest absolute Gasteiger partial charge is 0.239 e. The Morgan fingerprint density at radius 1 is 1.39 bits per heavy atom. The van der Waals surface area contributed by atoms with E-state index in [0.717, 1.165) is 25.1 Å². The van der Waals surface area contributed by atoms with E-state index >= 15 is 0 Å². The van der Waals surface area contributed by atoms with E-state index in [1.807, 2.05) is 31.2 Å². The molecule has 1 aliphatic rings. The van der Waals surface area contributed by atoms with E-state index in [1.54, 1.807) is 0 Å². The number of carbonyl (C=O) groups is 1. The summed E-state index contributed by atoms with van der Waals surface area (Å²) < 4.78 is 5.44. The minimum atomic E-state index is 0.00562. The highest BCUT2D eigenvalue weighted by atomic mass is 16.5. The van der Waals surface area contributed by atoms with Crippen LogP contribution in [0.5, 0.6) is 0 Å². The molecule has 98 valence electrons. The van der Waals surface area contributed by atoms with Gasteiger partial charge in [-0.05, 0) is 31.9 Å². The van der Waals surface area contributed by atoms with Crippen molar-refractivity contribution in [3.05, 3.63) is 29.8 Å². The van der Waals surface area contributed by atoms with Gasteiger partial charge in [-0.25, -0.2) is 0 Å². The Kier molecular flexibility index (Phi) is 4.59. The molecule has 0 saturated carbocycles. The van der Waals surface area contributed by atoms with Gasteiger partial charge < -0.3 is 15.4 Å². The van der Waals surface area contributed by atoms with Crippen LogP contribution in [0.15, 0.2) is 24.3 Å². The number of aryl methyl sites for hydroxylation is 1. The molecular weight excluding hydrogens is 228 g/mol. The Labute approximate surface area is 108 Å². The third-order valence-electron chi connectivity index (χ3n) is 3.06. The van der Waals surface area contributed by atoms with Crippen LogP contribution in [0.3, 0.4) is 0 Å². The van der Waals surface area contributed by atoms with Crippen LogP contribution in [0.1, 0.15) is 18.4 Å². The highest BCUT2D eigenvalue weighted by Gasteiger charge is 2.15. The SMILES string of the molecule is Cc1ccc(NCC(=O)NCC2CCCO2)cc1. The summed E-state index contributed by atoms with van der Waals surface area (Å²) in [6.07, 6.45) is 2.35. The van der Waals surface area contributed by atoms with Crippen LogP contribution in [0, 0.1) is 6.92 Å². The Balaban J connectivity index is 1.66. The fraction of sp³-hybridized carbons (Fsp3) is 0.500. The molecule has 1 atom stereocenters. The normalized spacial score (nSPS) is 18.6. The molecule has 1 saturated heterocycles. The summed E-state index contributed by atoms with van der Waals surface area (Å²) in [7, 11) is 0. The van der Waals surface area contributed by atoms with Gasteiger partial charge in [-0.15, -0.1) is 0 Å². The number of rotatable bonds is 5. The van der Waals surface area contributed by atoms with Crippen LogP contribution in [-0.4, -0.2) is 31.7 Å². The molecule has 0 bridgehead atoms. The predicted octanol–water partition coefficient (Wildman–Crippen LogP) is 1.70. The van der Waals surface area contributed by atoms with E-state index in [-0.39, 0.29) is 12.0 Å². The van der Waals surface area contributed by atoms with Gasteiger partial charge in [0.1, 0.15) is 0 Å². The molecule has 1 aromatic rings. The summed E-state index contributed by atoms with van der Waals surface area (Å²) in [4.78, 5) is 11.6. The van der Waals surface area contributed by atoms with Crippen molar-refractivity contribution in [3.63, 3.8) is 0 Å². The monoisotopic (exact) mass is 248 g/mol. The van der Waals surface area contributed by atoms with E-state index in [9.17, 15) is 4.79 Å². The first-order valence-corrected chi connectivity index (χ1v) is 6.43. The number of nitrogens with one attached hydrogen (secondary N) is 2. The van der Waals surface area contributed by atoms with Crippen LogP contribution in [0.25, 0.3) is 0 Å². The third-order valence-corrected chi connectivity index (χ3v) is 3.06. The van der Waals surface area contributed by atoms with Crippen molar-refractivity contribution in [1.29, 1.82) is 0 Å².